The van der Waals surface area contributed by atoms with Crippen molar-refractivity contribution in [3.05, 3.63) is 89.5 Å². The van der Waals surface area contributed by atoms with Crippen molar-refractivity contribution in [3.8, 4) is 0 Å². The Labute approximate surface area is 159 Å². The minimum absolute atomic E-state index is 0.0795. The second-order valence-corrected chi connectivity index (χ2v) is 8.56. The van der Waals surface area contributed by atoms with Gasteiger partial charge in [-0.05, 0) is 49.2 Å². The van der Waals surface area contributed by atoms with Gasteiger partial charge in [0.2, 0.25) is 15.0 Å². The molecule has 0 atom stereocenters. The number of aryl methyl sites for hydroxylation is 2. The molecular weight excluding hydrogens is 356 g/mol. The van der Waals surface area contributed by atoms with Crippen LogP contribution in [0.4, 0.5) is 0 Å². The topological polar surface area (TPSA) is 52.0 Å². The number of benzene rings is 3. The molecule has 27 heavy (non-hydrogen) atoms. The normalized spacial score (nSPS) is 11.8. The average Bonchev–Trinajstić information content (AvgIpc) is 3.05. The SMILES string of the molecule is Cc1ccc(C)c(Cn2c(S(=O)(=O)c3ccccc3)nc3ccccc32)c1. The Balaban J connectivity index is 1.94. The van der Waals surface area contributed by atoms with Crippen LogP contribution in [-0.2, 0) is 16.4 Å². The Hall–Kier alpha value is -2.92. The molecule has 0 amide bonds. The Morgan fingerprint density at radius 2 is 1.59 bits per heavy atom. The van der Waals surface area contributed by atoms with E-state index in [1.807, 2.05) is 38.1 Å². The number of para-hydroxylation sites is 2. The highest BCUT2D eigenvalue weighted by Crippen LogP contribution is 2.26. The number of nitrogens with zero attached hydrogens (tertiary/aromatic N) is 2. The van der Waals surface area contributed by atoms with Gasteiger partial charge >= 0.3 is 0 Å². The fourth-order valence-corrected chi connectivity index (χ4v) is 4.66. The second-order valence-electron chi connectivity index (χ2n) is 6.72. The number of fused-ring (bicyclic) bond motifs is 1. The van der Waals surface area contributed by atoms with Crippen LogP contribution in [0, 0.1) is 13.8 Å². The van der Waals surface area contributed by atoms with Gasteiger partial charge < -0.3 is 4.57 Å². The first-order chi connectivity index (χ1) is 13.0. The summed E-state index contributed by atoms with van der Waals surface area (Å²) in [7, 11) is -3.72. The molecular formula is C22H20N2O2S. The highest BCUT2D eigenvalue weighted by molar-refractivity contribution is 7.91. The van der Waals surface area contributed by atoms with E-state index in [9.17, 15) is 8.42 Å². The molecule has 5 heteroatoms. The molecule has 0 aliphatic rings. The van der Waals surface area contributed by atoms with Gasteiger partial charge in [0.1, 0.15) is 0 Å². The van der Waals surface area contributed by atoms with E-state index < -0.39 is 9.84 Å². The minimum Gasteiger partial charge on any atom is -0.310 e. The first-order valence-corrected chi connectivity index (χ1v) is 10.3. The third kappa shape index (κ3) is 3.15. The number of hydrogen-bond donors (Lipinski definition) is 0. The molecule has 0 radical (unpaired) electrons. The molecule has 4 rings (SSSR count). The molecule has 1 aromatic heterocycles. The molecule has 136 valence electrons. The highest BCUT2D eigenvalue weighted by Gasteiger charge is 2.26. The van der Waals surface area contributed by atoms with E-state index in [1.165, 1.54) is 0 Å². The molecule has 0 saturated carbocycles. The predicted molar refractivity (Wildman–Crippen MR) is 107 cm³/mol. The number of aromatic nitrogens is 2. The van der Waals surface area contributed by atoms with Crippen LogP contribution in [0.25, 0.3) is 11.0 Å². The van der Waals surface area contributed by atoms with Gasteiger partial charge in [-0.1, -0.05) is 54.1 Å². The van der Waals surface area contributed by atoms with Crippen LogP contribution in [0.1, 0.15) is 16.7 Å². The van der Waals surface area contributed by atoms with E-state index in [2.05, 4.69) is 23.2 Å². The number of sulfone groups is 1. The van der Waals surface area contributed by atoms with Crippen molar-refractivity contribution < 1.29 is 8.42 Å². The van der Waals surface area contributed by atoms with Crippen molar-refractivity contribution in [1.29, 1.82) is 0 Å². The molecule has 0 fully saturated rings. The smallest absolute Gasteiger partial charge is 0.240 e. The predicted octanol–water partition coefficient (Wildman–Crippen LogP) is 4.53. The zero-order valence-electron chi connectivity index (χ0n) is 15.3. The lowest BCUT2D eigenvalue weighted by Gasteiger charge is -2.12. The van der Waals surface area contributed by atoms with E-state index in [0.717, 1.165) is 22.2 Å². The molecule has 1 heterocycles. The van der Waals surface area contributed by atoms with Crippen molar-refractivity contribution >= 4 is 20.9 Å². The second kappa shape index (κ2) is 6.67. The van der Waals surface area contributed by atoms with Crippen molar-refractivity contribution in [1.82, 2.24) is 9.55 Å². The van der Waals surface area contributed by atoms with Gasteiger partial charge in [0.15, 0.2) is 0 Å². The molecule has 4 nitrogen and oxygen atoms in total. The quantitative estimate of drug-likeness (QED) is 0.526. The summed E-state index contributed by atoms with van der Waals surface area (Å²) < 4.78 is 28.4. The fourth-order valence-electron chi connectivity index (χ4n) is 3.26. The maximum atomic E-state index is 13.3. The van der Waals surface area contributed by atoms with Crippen LogP contribution in [0.2, 0.25) is 0 Å². The molecule has 0 aliphatic heterocycles. The Kier molecular flexibility index (Phi) is 4.32. The van der Waals surface area contributed by atoms with E-state index in [4.69, 9.17) is 0 Å². The van der Waals surface area contributed by atoms with Crippen LogP contribution in [0.3, 0.4) is 0 Å². The van der Waals surface area contributed by atoms with E-state index >= 15 is 0 Å². The van der Waals surface area contributed by atoms with E-state index in [-0.39, 0.29) is 10.1 Å². The summed E-state index contributed by atoms with van der Waals surface area (Å²) in [5.74, 6) is 0. The largest absolute Gasteiger partial charge is 0.310 e. The van der Waals surface area contributed by atoms with Gasteiger partial charge in [0, 0.05) is 0 Å². The molecule has 0 saturated heterocycles. The van der Waals surface area contributed by atoms with Crippen LogP contribution >= 0.6 is 0 Å². The van der Waals surface area contributed by atoms with Crippen molar-refractivity contribution in [3.63, 3.8) is 0 Å². The average molecular weight is 376 g/mol. The van der Waals surface area contributed by atoms with Gasteiger partial charge in [-0.15, -0.1) is 0 Å². The van der Waals surface area contributed by atoms with Gasteiger partial charge in [-0.2, -0.15) is 0 Å². The highest BCUT2D eigenvalue weighted by atomic mass is 32.2. The first kappa shape index (κ1) is 17.5. The number of imidazole rings is 1. The number of hydrogen-bond acceptors (Lipinski definition) is 3. The van der Waals surface area contributed by atoms with Gasteiger partial charge in [-0.3, -0.25) is 0 Å². The van der Waals surface area contributed by atoms with Crippen LogP contribution < -0.4 is 0 Å². The minimum atomic E-state index is -3.72. The summed E-state index contributed by atoms with van der Waals surface area (Å²) >= 11 is 0. The van der Waals surface area contributed by atoms with Crippen molar-refractivity contribution in [2.45, 2.75) is 30.4 Å². The lowest BCUT2D eigenvalue weighted by molar-refractivity contribution is 0.575. The Bertz CT molecular complexity index is 1230. The summed E-state index contributed by atoms with van der Waals surface area (Å²) in [5.41, 5.74) is 4.85. The molecule has 0 bridgehead atoms. The van der Waals surface area contributed by atoms with E-state index in [0.29, 0.717) is 12.1 Å². The van der Waals surface area contributed by atoms with Crippen molar-refractivity contribution in [2.75, 3.05) is 0 Å². The maximum Gasteiger partial charge on any atom is 0.240 e. The first-order valence-electron chi connectivity index (χ1n) is 8.78. The molecule has 3 aromatic carbocycles. The zero-order valence-corrected chi connectivity index (χ0v) is 16.1. The Morgan fingerprint density at radius 3 is 2.37 bits per heavy atom. The summed E-state index contributed by atoms with van der Waals surface area (Å²) in [6.45, 7) is 4.53. The molecule has 0 spiro atoms. The summed E-state index contributed by atoms with van der Waals surface area (Å²) in [4.78, 5) is 4.74. The third-order valence-electron chi connectivity index (χ3n) is 4.75. The lowest BCUT2D eigenvalue weighted by atomic mass is 10.1. The van der Waals surface area contributed by atoms with Gasteiger partial charge in [0.05, 0.1) is 22.5 Å². The zero-order chi connectivity index (χ0) is 19.0. The lowest BCUT2D eigenvalue weighted by Crippen LogP contribution is -2.13. The van der Waals surface area contributed by atoms with Crippen molar-refractivity contribution in [2.24, 2.45) is 0 Å². The monoisotopic (exact) mass is 376 g/mol. The third-order valence-corrected chi connectivity index (χ3v) is 6.43. The Morgan fingerprint density at radius 1 is 0.889 bits per heavy atom. The molecule has 0 unspecified atom stereocenters. The fraction of sp³-hybridized carbons (Fsp3) is 0.136. The number of rotatable bonds is 4. The maximum absolute atomic E-state index is 13.3. The van der Waals surface area contributed by atoms with E-state index in [1.54, 1.807) is 34.9 Å². The van der Waals surface area contributed by atoms with Gasteiger partial charge in [-0.25, -0.2) is 13.4 Å². The summed E-state index contributed by atoms with van der Waals surface area (Å²) in [6.07, 6.45) is 0. The van der Waals surface area contributed by atoms with Crippen LogP contribution in [-0.4, -0.2) is 18.0 Å². The molecule has 4 aromatic rings. The molecule has 0 aliphatic carbocycles. The standard InChI is InChI=1S/C22H20N2O2S/c1-16-12-13-17(2)18(14-16)15-24-21-11-7-6-10-20(21)23-22(24)27(25,26)19-8-4-3-5-9-19/h3-14H,15H2,1-2H3. The molecule has 0 N–H and O–H groups in total. The van der Waals surface area contributed by atoms with Gasteiger partial charge in [0.25, 0.3) is 0 Å². The summed E-state index contributed by atoms with van der Waals surface area (Å²) in [6, 6.07) is 22.2. The van der Waals surface area contributed by atoms with Crippen LogP contribution in [0.5, 0.6) is 0 Å². The van der Waals surface area contributed by atoms with Crippen LogP contribution in [0.15, 0.2) is 82.8 Å². The summed E-state index contributed by atoms with van der Waals surface area (Å²) in [5, 5.41) is 0.0795.